The Morgan fingerprint density at radius 1 is 1.13 bits per heavy atom. The molecule has 0 aliphatic rings. The average molecular weight is 482 g/mol. The summed E-state index contributed by atoms with van der Waals surface area (Å²) < 4.78 is 0.915. The van der Waals surface area contributed by atoms with Gasteiger partial charge in [0.25, 0.3) is 0 Å². The van der Waals surface area contributed by atoms with E-state index in [1.54, 1.807) is 12.3 Å². The van der Waals surface area contributed by atoms with Crippen LogP contribution in [0.4, 0.5) is 0 Å². The molecule has 2 aromatic carbocycles. The molecule has 0 amide bonds. The Morgan fingerprint density at radius 3 is 2.61 bits per heavy atom. The first-order valence-corrected chi connectivity index (χ1v) is 8.66. The molecule has 0 aliphatic carbocycles. The summed E-state index contributed by atoms with van der Waals surface area (Å²) in [4.78, 5) is 4.17. The number of nitrogens with two attached hydrogens (primary N) is 1. The fourth-order valence-electron chi connectivity index (χ4n) is 1.66. The van der Waals surface area contributed by atoms with Crippen LogP contribution in [-0.4, -0.2) is 12.2 Å². The topological polar surface area (TPSA) is 62.8 Å². The Bertz CT molecular complexity index is 762. The quantitative estimate of drug-likeness (QED) is 0.288. The van der Waals surface area contributed by atoms with Crippen molar-refractivity contribution in [1.82, 2.24) is 5.43 Å². The second kappa shape index (κ2) is 8.73. The molecule has 0 heterocycles. The monoisotopic (exact) mass is 480 g/mol. The molecule has 2 rings (SSSR count). The largest absolute Gasteiger partial charge is 0.369 e. The van der Waals surface area contributed by atoms with E-state index in [-0.39, 0.29) is 5.96 Å². The zero-order chi connectivity index (χ0) is 16.8. The fourth-order valence-corrected chi connectivity index (χ4v) is 2.72. The van der Waals surface area contributed by atoms with E-state index < -0.39 is 0 Å². The molecule has 3 N–H and O–H groups in total. The Labute approximate surface area is 162 Å². The van der Waals surface area contributed by atoms with Gasteiger partial charge in [-0.3, -0.25) is 0 Å². The van der Waals surface area contributed by atoms with Gasteiger partial charge in [-0.2, -0.15) is 5.10 Å². The zero-order valence-corrected chi connectivity index (χ0v) is 16.2. The first-order chi connectivity index (χ1) is 11.0. The molecule has 0 saturated carbocycles. The average Bonchev–Trinajstić information content (AvgIpc) is 2.53. The molecule has 0 unspecified atom stereocenters. The van der Waals surface area contributed by atoms with E-state index in [1.165, 1.54) is 0 Å². The molecule has 0 aromatic heterocycles. The lowest BCUT2D eigenvalue weighted by Crippen LogP contribution is -2.27. The van der Waals surface area contributed by atoms with Crippen LogP contribution in [0.1, 0.15) is 11.1 Å². The van der Waals surface area contributed by atoms with Gasteiger partial charge in [-0.25, -0.2) is 10.4 Å². The van der Waals surface area contributed by atoms with E-state index in [9.17, 15) is 0 Å². The maximum Gasteiger partial charge on any atom is 0.209 e. The van der Waals surface area contributed by atoms with Gasteiger partial charge in [0.15, 0.2) is 0 Å². The summed E-state index contributed by atoms with van der Waals surface area (Å²) in [5, 5.41) is 5.68. The molecule has 0 atom stereocenters. The highest BCUT2D eigenvalue weighted by atomic mass is 127. The number of hydrogen-bond acceptors (Lipinski definition) is 2. The van der Waals surface area contributed by atoms with Crippen molar-refractivity contribution < 1.29 is 0 Å². The number of benzene rings is 2. The van der Waals surface area contributed by atoms with E-state index in [1.807, 2.05) is 30.3 Å². The number of halogens is 4. The summed E-state index contributed by atoms with van der Waals surface area (Å²) in [7, 11) is 0. The molecule has 2 aromatic rings. The third-order valence-electron chi connectivity index (χ3n) is 2.82. The summed E-state index contributed by atoms with van der Waals surface area (Å²) in [6.07, 6.45) is 1.63. The van der Waals surface area contributed by atoms with Crippen molar-refractivity contribution >= 4 is 69.6 Å². The van der Waals surface area contributed by atoms with Gasteiger partial charge in [-0.1, -0.05) is 59.1 Å². The number of guanidine groups is 1. The van der Waals surface area contributed by atoms with Crippen LogP contribution in [0, 0.1) is 3.57 Å². The Kier molecular flexibility index (Phi) is 6.95. The third kappa shape index (κ3) is 5.24. The maximum absolute atomic E-state index is 6.09. The van der Waals surface area contributed by atoms with Gasteiger partial charge in [0.05, 0.1) is 27.8 Å². The molecule has 0 saturated heterocycles. The highest BCUT2D eigenvalue weighted by Gasteiger charge is 2.03. The fraction of sp³-hybridized carbons (Fsp3) is 0.0667. The van der Waals surface area contributed by atoms with E-state index in [0.29, 0.717) is 21.6 Å². The summed E-state index contributed by atoms with van der Waals surface area (Å²) in [5.41, 5.74) is 10.1. The molecule has 120 valence electrons. The van der Waals surface area contributed by atoms with Crippen LogP contribution in [0.25, 0.3) is 0 Å². The minimum absolute atomic E-state index is 0.175. The van der Waals surface area contributed by atoms with Gasteiger partial charge < -0.3 is 5.73 Å². The second-order valence-corrected chi connectivity index (χ2v) is 6.70. The molecule has 4 nitrogen and oxygen atoms in total. The van der Waals surface area contributed by atoms with Crippen LogP contribution in [0.5, 0.6) is 0 Å². The van der Waals surface area contributed by atoms with Gasteiger partial charge >= 0.3 is 0 Å². The molecule has 0 radical (unpaired) electrons. The van der Waals surface area contributed by atoms with Crippen molar-refractivity contribution in [3.63, 3.8) is 0 Å². The second-order valence-electron chi connectivity index (χ2n) is 4.43. The third-order valence-corrected chi connectivity index (χ3v) is 5.51. The number of aliphatic imine (C=N–C) groups is 1. The van der Waals surface area contributed by atoms with Gasteiger partial charge in [0.1, 0.15) is 0 Å². The molecule has 0 aliphatic heterocycles. The smallest absolute Gasteiger partial charge is 0.209 e. The summed E-state index contributed by atoms with van der Waals surface area (Å²) in [5.74, 6) is 0.175. The Balaban J connectivity index is 1.99. The molecule has 0 bridgehead atoms. The zero-order valence-electron chi connectivity index (χ0n) is 11.7. The van der Waals surface area contributed by atoms with Crippen LogP contribution in [0.15, 0.2) is 46.5 Å². The van der Waals surface area contributed by atoms with E-state index in [4.69, 9.17) is 40.5 Å². The lowest BCUT2D eigenvalue weighted by molar-refractivity contribution is 0.963. The van der Waals surface area contributed by atoms with Crippen LogP contribution >= 0.6 is 57.4 Å². The number of nitrogens with zero attached hydrogens (tertiary/aromatic N) is 2. The van der Waals surface area contributed by atoms with Crippen molar-refractivity contribution in [3.05, 3.63) is 66.2 Å². The first-order valence-electron chi connectivity index (χ1n) is 6.45. The molecule has 0 fully saturated rings. The highest BCUT2D eigenvalue weighted by Crippen LogP contribution is 2.25. The lowest BCUT2D eigenvalue weighted by Gasteiger charge is -2.04. The van der Waals surface area contributed by atoms with Gasteiger partial charge in [-0.15, -0.1) is 0 Å². The van der Waals surface area contributed by atoms with Crippen LogP contribution < -0.4 is 11.2 Å². The molecular weight excluding hydrogens is 469 g/mol. The van der Waals surface area contributed by atoms with Crippen molar-refractivity contribution in [2.45, 2.75) is 6.54 Å². The summed E-state index contributed by atoms with van der Waals surface area (Å²) >= 11 is 20.2. The van der Waals surface area contributed by atoms with Crippen molar-refractivity contribution in [3.8, 4) is 0 Å². The minimum atomic E-state index is 0.175. The van der Waals surface area contributed by atoms with Crippen molar-refractivity contribution in [1.29, 1.82) is 0 Å². The number of hydrogen-bond donors (Lipinski definition) is 2. The summed E-state index contributed by atoms with van der Waals surface area (Å²) in [6, 6.07) is 10.9. The van der Waals surface area contributed by atoms with Crippen molar-refractivity contribution in [2.75, 3.05) is 0 Å². The molecular formula is C15H12Cl3IN4. The van der Waals surface area contributed by atoms with Gasteiger partial charge in [-0.05, 0) is 40.3 Å². The predicted molar refractivity (Wildman–Crippen MR) is 107 cm³/mol. The van der Waals surface area contributed by atoms with Crippen LogP contribution in [0.2, 0.25) is 15.1 Å². The minimum Gasteiger partial charge on any atom is -0.369 e. The predicted octanol–water partition coefficient (Wildman–Crippen LogP) is 4.69. The first kappa shape index (κ1) is 18.3. The molecule has 0 spiro atoms. The van der Waals surface area contributed by atoms with E-state index >= 15 is 0 Å². The van der Waals surface area contributed by atoms with Crippen molar-refractivity contribution in [2.24, 2.45) is 15.8 Å². The normalized spacial score (nSPS) is 11.9. The Morgan fingerprint density at radius 2 is 1.83 bits per heavy atom. The molecule has 23 heavy (non-hydrogen) atoms. The van der Waals surface area contributed by atoms with Gasteiger partial charge in [0, 0.05) is 9.13 Å². The van der Waals surface area contributed by atoms with E-state index in [2.05, 4.69) is 38.1 Å². The lowest BCUT2D eigenvalue weighted by atomic mass is 10.2. The summed E-state index contributed by atoms with van der Waals surface area (Å²) in [6.45, 7) is 0.308. The van der Waals surface area contributed by atoms with Crippen LogP contribution in [0.3, 0.4) is 0 Å². The maximum atomic E-state index is 6.09. The molecule has 8 heteroatoms. The van der Waals surface area contributed by atoms with Crippen LogP contribution in [-0.2, 0) is 6.54 Å². The standard InChI is InChI=1S/C15H12Cl3IN4/c16-11-5-1-3-9(13(11)18)7-21-15(20)23-22-8-10-4-2-6-12(17)14(10)19/h1-6,8H,7H2,(H3,20,21,23)/b22-8+. The number of hydrazone groups is 1. The number of rotatable bonds is 4. The van der Waals surface area contributed by atoms with E-state index in [0.717, 1.165) is 14.7 Å². The number of nitrogens with one attached hydrogen (secondary N) is 1. The highest BCUT2D eigenvalue weighted by molar-refractivity contribution is 14.1. The van der Waals surface area contributed by atoms with Gasteiger partial charge in [0.2, 0.25) is 5.96 Å². The SMILES string of the molecule is NC(=NCc1cccc(Cl)c1Cl)N/N=C/c1cccc(Cl)c1I. The Hall–Kier alpha value is -1.02.